The Morgan fingerprint density at radius 2 is 0.879 bits per heavy atom. The van der Waals surface area contributed by atoms with Crippen LogP contribution >= 0.6 is 68.8 Å². The van der Waals surface area contributed by atoms with Gasteiger partial charge in [0.2, 0.25) is 11.8 Å². The maximum atomic E-state index is 14.8. The number of likely N-dealkylation sites (tertiary alicyclic amines) is 2. The number of H-pyrrole nitrogens is 1. The molecule has 9 aromatic rings. The summed E-state index contributed by atoms with van der Waals surface area (Å²) in [5.74, 6) is -0.283. The molecule has 3 N–H and O–H groups in total. The first-order chi connectivity index (χ1) is 62.0. The van der Waals surface area contributed by atoms with Gasteiger partial charge in [0, 0.05) is 76.2 Å². The van der Waals surface area contributed by atoms with Crippen molar-refractivity contribution < 1.29 is 120 Å². The fraction of sp³-hybridized carbons (Fsp3) is 0.537. The van der Waals surface area contributed by atoms with E-state index >= 15 is 0 Å². The second-order valence-corrected chi connectivity index (χ2v) is 41.1. The molecule has 2 amide bonds. The summed E-state index contributed by atoms with van der Waals surface area (Å²) in [5.41, 5.74) is 1.21. The van der Waals surface area contributed by atoms with Crippen molar-refractivity contribution in [2.75, 3.05) is 62.9 Å². The number of amides is 2. The molecule has 16 atom stereocenters. The predicted octanol–water partition coefficient (Wildman–Crippen LogP) is 14.7. The van der Waals surface area contributed by atoms with Gasteiger partial charge in [-0.2, -0.15) is 0 Å². The molecule has 6 saturated carbocycles. The summed E-state index contributed by atoms with van der Waals surface area (Å²) in [6, 6.07) is 13.6. The number of fused-ring (bicyclic) bond motifs is 5. The van der Waals surface area contributed by atoms with E-state index in [9.17, 15) is 48.3 Å². The van der Waals surface area contributed by atoms with E-state index in [0.717, 1.165) is 32.1 Å². The van der Waals surface area contributed by atoms with E-state index in [4.69, 9.17) is 96.9 Å². The molecule has 4 unspecified atom stereocenters. The molecule has 132 heavy (non-hydrogen) atoms. The van der Waals surface area contributed by atoms with Crippen molar-refractivity contribution in [2.24, 2.45) is 69.0 Å². The van der Waals surface area contributed by atoms with Gasteiger partial charge in [-0.25, -0.2) is 24.9 Å². The third-order valence-corrected chi connectivity index (χ3v) is 30.8. The van der Waals surface area contributed by atoms with Crippen LogP contribution in [0.3, 0.4) is 0 Å². The second-order valence-electron chi connectivity index (χ2n) is 37.5. The Morgan fingerprint density at radius 3 is 1.25 bits per heavy atom. The molecule has 6 aliphatic carbocycles. The molecule has 0 radical (unpaired) electrons. The van der Waals surface area contributed by atoms with Crippen LogP contribution in [0.1, 0.15) is 158 Å². The Kier molecular flexibility index (Phi) is 30.8. The van der Waals surface area contributed by atoms with Gasteiger partial charge in [0.05, 0.1) is 144 Å². The van der Waals surface area contributed by atoms with E-state index in [-0.39, 0.29) is 134 Å². The molecule has 0 spiro atoms. The number of carbonyl (C=O) groups excluding carboxylic acids is 7. The number of carbonyl (C=O) groups is 8. The van der Waals surface area contributed by atoms with Crippen LogP contribution in [-0.4, -0.2) is 197 Å². The monoisotopic (exact) mass is 1920 g/mol. The molecule has 8 aliphatic rings. The van der Waals surface area contributed by atoms with Crippen LogP contribution in [0.25, 0.3) is 66.9 Å². The SMILES string of the molecule is CC[C@@H]1C[C@]1(CC(=O)[C@@H]1C[C@@H](Oc2cc(-c3csc(OC)n3)nc3c(Cl)c(OC)ccc23)CN1C(=O)C(CC(=O)OC1C[C@@H]2C[C@@H]2C1)C(C)(C)C)C(=O)O.CC[C@@H]1C[C@]1(CC(=O)[C@@H]1C[C@@H](Oc2cc(-c3csc(OC)n3)nc3c(Cl)c(OC)ccc23)CN1C(=O)C(CC(=O)OC1C[C@@H]2C[C@@H]2C1)C(C)(C)C)C(=O)OC.COc1nc(-c2cc(=O)c3ccc(OC)c(Cl)c3[nH]2)cs1.[Li+].[OH-]. The van der Waals surface area contributed by atoms with Gasteiger partial charge in [-0.1, -0.05) is 137 Å². The Hall–Kier alpha value is -9.43. The number of carboxylic acid groups (broad SMARTS) is 1. The van der Waals surface area contributed by atoms with Crippen LogP contribution in [0.5, 0.6) is 44.3 Å². The number of aromatic nitrogens is 6. The summed E-state index contributed by atoms with van der Waals surface area (Å²) in [6.07, 6.45) is 6.61. The summed E-state index contributed by atoms with van der Waals surface area (Å²) in [5, 5.41) is 19.7. The fourth-order valence-corrected chi connectivity index (χ4v) is 22.4. The minimum absolute atomic E-state index is 0. The number of Topliss-reactive ketones (excluding diaryl/α,β-unsaturated/α-hetero) is 2. The summed E-state index contributed by atoms with van der Waals surface area (Å²) in [6.45, 7) is 15.5. The Balaban J connectivity index is 0.000000182. The van der Waals surface area contributed by atoms with Gasteiger partial charge in [-0.15, -0.1) is 0 Å². The molecule has 2 aliphatic heterocycles. The van der Waals surface area contributed by atoms with Gasteiger partial charge in [0.15, 0.2) is 17.0 Å². The number of aromatic amines is 1. The summed E-state index contributed by atoms with van der Waals surface area (Å²) in [7, 11) is 10.5. The van der Waals surface area contributed by atoms with Gasteiger partial charge in [-0.05, 0) is 134 Å². The number of hydrogen-bond donors (Lipinski definition) is 2. The second kappa shape index (κ2) is 40.6. The average molecular weight is 1930 g/mol. The van der Waals surface area contributed by atoms with E-state index in [0.29, 0.717) is 164 Å². The number of methoxy groups -OCH3 is 7. The third kappa shape index (κ3) is 21.0. The molecule has 8 fully saturated rings. The first kappa shape index (κ1) is 100. The van der Waals surface area contributed by atoms with Gasteiger partial charge in [0.1, 0.15) is 85.3 Å². The molecule has 2 saturated heterocycles. The normalized spacial score (nSPS) is 24.4. The van der Waals surface area contributed by atoms with E-state index in [2.05, 4.69) is 19.9 Å². The first-order valence-electron chi connectivity index (χ1n) is 43.9. The number of ether oxygens (including phenoxy) is 11. The largest absolute Gasteiger partial charge is 1.00 e. The molecular formula is C95H110Cl3LiN8O22S3. The van der Waals surface area contributed by atoms with Crippen molar-refractivity contribution in [2.45, 2.75) is 195 Å². The van der Waals surface area contributed by atoms with Crippen LogP contribution in [0.2, 0.25) is 15.1 Å². The van der Waals surface area contributed by atoms with Gasteiger partial charge in [0.25, 0.3) is 15.6 Å². The number of carboxylic acids is 1. The zero-order chi connectivity index (χ0) is 93.1. The maximum Gasteiger partial charge on any atom is 1.00 e. The minimum Gasteiger partial charge on any atom is -0.870 e. The number of benzene rings is 3. The number of rotatable bonds is 31. The Bertz CT molecular complexity index is 5920. The quantitative estimate of drug-likeness (QED) is 0.0231. The van der Waals surface area contributed by atoms with Crippen LogP contribution in [-0.2, 0) is 52.6 Å². The van der Waals surface area contributed by atoms with Crippen molar-refractivity contribution in [3.05, 3.63) is 96.0 Å². The third-order valence-electron chi connectivity index (χ3n) is 27.3. The van der Waals surface area contributed by atoms with Crippen LogP contribution < -0.4 is 62.2 Å². The van der Waals surface area contributed by atoms with E-state index in [1.54, 1.807) is 67.7 Å². The Morgan fingerprint density at radius 1 is 0.492 bits per heavy atom. The van der Waals surface area contributed by atoms with Gasteiger partial charge >= 0.3 is 42.7 Å². The summed E-state index contributed by atoms with van der Waals surface area (Å²) < 4.78 is 62.2. The van der Waals surface area contributed by atoms with Gasteiger partial charge < -0.3 is 77.5 Å². The summed E-state index contributed by atoms with van der Waals surface area (Å²) in [4.78, 5) is 152. The molecule has 0 bridgehead atoms. The summed E-state index contributed by atoms with van der Waals surface area (Å²) >= 11 is 23.8. The maximum absolute atomic E-state index is 14.8. The number of ketones is 2. The van der Waals surface area contributed by atoms with Crippen molar-refractivity contribution >= 4 is 149 Å². The molecular weight excluding hydrogens is 1810 g/mol. The minimum atomic E-state index is -1.14. The van der Waals surface area contributed by atoms with Crippen molar-refractivity contribution in [3.63, 3.8) is 0 Å². The van der Waals surface area contributed by atoms with Crippen LogP contribution in [0.4, 0.5) is 0 Å². The number of aliphatic carboxylic acids is 1. The zero-order valence-corrected chi connectivity index (χ0v) is 81.5. The van der Waals surface area contributed by atoms with Crippen LogP contribution in [0.15, 0.2) is 75.5 Å². The molecule has 37 heteroatoms. The van der Waals surface area contributed by atoms with E-state index < -0.39 is 81.7 Å². The molecule has 30 nitrogen and oxygen atoms in total. The average Bonchev–Trinajstić information content (AvgIpc) is 1.59. The number of nitrogens with one attached hydrogen (secondary N) is 1. The molecule has 702 valence electrons. The van der Waals surface area contributed by atoms with E-state index in [1.165, 1.54) is 93.4 Å². The smallest absolute Gasteiger partial charge is 0.870 e. The van der Waals surface area contributed by atoms with E-state index in [1.807, 2.05) is 71.5 Å². The fourth-order valence-electron chi connectivity index (χ4n) is 19.6. The van der Waals surface area contributed by atoms with Gasteiger partial charge in [-0.3, -0.25) is 43.2 Å². The first-order valence-corrected chi connectivity index (χ1v) is 47.7. The molecule has 3 aromatic carbocycles. The number of nitrogens with zero attached hydrogens (tertiary/aromatic N) is 7. The number of hydrogen-bond acceptors (Lipinski definition) is 29. The van der Waals surface area contributed by atoms with Crippen molar-refractivity contribution in [1.29, 1.82) is 0 Å². The number of pyridine rings is 3. The number of halogens is 3. The Labute approximate surface area is 803 Å². The molecule has 8 heterocycles. The molecule has 17 rings (SSSR count). The standard InChI is InChI=1S/C41H50ClN3O9S.C40H48ClN3O9S.C14H11ClN2O3S.Li.H2O/c1-8-23-17-41(23,38(49)51-6)18-31(46)30-14-25(19-45(30)37(48)27(40(2,3)4)15-34(47)54-24-12-21-11-22(21)13-24)53-33-16-28(29-20-55-39(44-29)52-7)43-36-26(33)9-10-32(50-5)35(36)42;1-7-22-16-40(22,37(48)49)17-30(45)29-13-24(18-44(29)36(47)26(39(2,3)4)14-33(46)53-23-11-20-10-21(20)12-23)52-32-15-27(28-19-54-38(43-28)51-6)42-35-25(32)8-9-31(50-5)34(35)41;1-19-11-4-3-7-10(18)5-8(16-13(7)12(11)15)9-6-21-14(17-9)20-2;;/h9-10,16,20-25,27,30H,8,11-15,17-19H2,1-7H3;8-9,15,19-24,26,29H,7,10-14,16-18H2,1-6H3,(H,48,49);3-6H,1-2H3,(H,16,18);;1H2/q;;;+1;/p-1/t21-,22+,23-,24?,25-,27?,30+,41-;20-,21+,22-,23?,24-,26?,29+,40-;;;/m11.../s1. The number of thiazole rings is 3. The molecule has 6 aromatic heterocycles. The number of esters is 3. The van der Waals surface area contributed by atoms with Crippen LogP contribution in [0, 0.1) is 69.0 Å². The topological polar surface area (TPSA) is 392 Å². The zero-order valence-electron chi connectivity index (χ0n) is 76.8. The predicted molar refractivity (Wildman–Crippen MR) is 494 cm³/mol. The van der Waals surface area contributed by atoms with Crippen molar-refractivity contribution in [1.82, 2.24) is 39.7 Å². The van der Waals surface area contributed by atoms with Crippen molar-refractivity contribution in [3.8, 4) is 78.5 Å².